The van der Waals surface area contributed by atoms with Crippen LogP contribution in [0.25, 0.3) is 0 Å². The van der Waals surface area contributed by atoms with Crippen molar-refractivity contribution in [3.8, 4) is 0 Å². The topological polar surface area (TPSA) is 90.1 Å². The lowest BCUT2D eigenvalue weighted by molar-refractivity contribution is -0.389. The number of imidazole rings is 1. The van der Waals surface area contributed by atoms with Crippen LogP contribution >= 0.6 is 0 Å². The maximum atomic E-state index is 12.0. The number of amides is 1. The van der Waals surface area contributed by atoms with Crippen LogP contribution in [0.5, 0.6) is 0 Å². The fourth-order valence-corrected chi connectivity index (χ4v) is 2.43. The Morgan fingerprint density at radius 2 is 2.05 bits per heavy atom. The zero-order valence-corrected chi connectivity index (χ0v) is 11.2. The predicted octanol–water partition coefficient (Wildman–Crippen LogP) is 1.92. The SMILES string of the molecule is O=C(NC1CC(n2cnc([N+](=O)[O-])c2)C1)c1ccccc1. The second-order valence-electron chi connectivity index (χ2n) is 5.10. The Labute approximate surface area is 120 Å². The highest BCUT2D eigenvalue weighted by Crippen LogP contribution is 2.33. The number of hydrogen-bond donors (Lipinski definition) is 1. The molecule has 108 valence electrons. The first kappa shape index (κ1) is 13.3. The third-order valence-corrected chi connectivity index (χ3v) is 3.68. The molecule has 0 atom stereocenters. The fourth-order valence-electron chi connectivity index (χ4n) is 2.43. The standard InChI is InChI=1S/C14H14N4O3/c19-14(10-4-2-1-3-5-10)16-11-6-12(7-11)17-8-13(15-9-17)18(20)21/h1-5,8-9,11-12H,6-7H2,(H,16,19). The van der Waals surface area contributed by atoms with Gasteiger partial charge in [-0.3, -0.25) is 4.79 Å². The predicted molar refractivity (Wildman–Crippen MR) is 74.8 cm³/mol. The van der Waals surface area contributed by atoms with Gasteiger partial charge >= 0.3 is 5.82 Å². The number of nitrogens with zero attached hydrogens (tertiary/aromatic N) is 3. The van der Waals surface area contributed by atoms with Gasteiger partial charge in [-0.25, -0.2) is 0 Å². The van der Waals surface area contributed by atoms with Crippen LogP contribution in [0.1, 0.15) is 29.2 Å². The van der Waals surface area contributed by atoms with E-state index in [-0.39, 0.29) is 23.8 Å². The maximum Gasteiger partial charge on any atom is 0.381 e. The average Bonchev–Trinajstić information content (AvgIpc) is 2.92. The van der Waals surface area contributed by atoms with E-state index in [1.54, 1.807) is 16.7 Å². The summed E-state index contributed by atoms with van der Waals surface area (Å²) in [7, 11) is 0. The highest BCUT2D eigenvalue weighted by molar-refractivity contribution is 5.94. The van der Waals surface area contributed by atoms with Gasteiger partial charge in [-0.1, -0.05) is 18.2 Å². The number of rotatable bonds is 4. The Kier molecular flexibility index (Phi) is 3.39. The van der Waals surface area contributed by atoms with Gasteiger partial charge in [-0.2, -0.15) is 0 Å². The van der Waals surface area contributed by atoms with E-state index in [0.29, 0.717) is 5.56 Å². The second-order valence-corrected chi connectivity index (χ2v) is 5.10. The van der Waals surface area contributed by atoms with E-state index in [2.05, 4.69) is 10.3 Å². The smallest absolute Gasteiger partial charge is 0.358 e. The molecule has 0 aliphatic heterocycles. The van der Waals surface area contributed by atoms with Crippen molar-refractivity contribution in [2.24, 2.45) is 0 Å². The summed E-state index contributed by atoms with van der Waals surface area (Å²) in [6.07, 6.45) is 4.41. The summed E-state index contributed by atoms with van der Waals surface area (Å²) < 4.78 is 1.74. The lowest BCUT2D eigenvalue weighted by Gasteiger charge is -2.35. The van der Waals surface area contributed by atoms with Crippen molar-refractivity contribution in [2.45, 2.75) is 24.9 Å². The van der Waals surface area contributed by atoms with Crippen LogP contribution < -0.4 is 5.32 Å². The highest BCUT2D eigenvalue weighted by Gasteiger charge is 2.32. The quantitative estimate of drug-likeness (QED) is 0.686. The van der Waals surface area contributed by atoms with E-state index in [1.807, 2.05) is 18.2 Å². The van der Waals surface area contributed by atoms with E-state index >= 15 is 0 Å². The minimum absolute atomic E-state index is 0.0874. The molecular weight excluding hydrogens is 272 g/mol. The van der Waals surface area contributed by atoms with Crippen molar-refractivity contribution < 1.29 is 9.72 Å². The number of carbonyl (C=O) groups excluding carboxylic acids is 1. The van der Waals surface area contributed by atoms with Gasteiger partial charge in [0.25, 0.3) is 5.91 Å². The molecule has 1 heterocycles. The molecule has 1 fully saturated rings. The molecule has 0 radical (unpaired) electrons. The fraction of sp³-hybridized carbons (Fsp3) is 0.286. The van der Waals surface area contributed by atoms with E-state index in [4.69, 9.17) is 0 Å². The molecule has 1 aliphatic rings. The normalized spacial score (nSPS) is 20.6. The third kappa shape index (κ3) is 2.76. The molecule has 7 heteroatoms. The highest BCUT2D eigenvalue weighted by atomic mass is 16.6. The van der Waals surface area contributed by atoms with Crippen molar-refractivity contribution in [1.82, 2.24) is 14.9 Å². The molecule has 1 N–H and O–H groups in total. The lowest BCUT2D eigenvalue weighted by atomic mass is 9.86. The van der Waals surface area contributed by atoms with E-state index in [1.165, 1.54) is 12.5 Å². The minimum Gasteiger partial charge on any atom is -0.358 e. The van der Waals surface area contributed by atoms with Crippen LogP contribution in [0, 0.1) is 10.1 Å². The Morgan fingerprint density at radius 3 is 2.67 bits per heavy atom. The first-order valence-electron chi connectivity index (χ1n) is 6.67. The summed E-state index contributed by atoms with van der Waals surface area (Å²) in [5.74, 6) is -0.234. The minimum atomic E-state index is -0.510. The van der Waals surface area contributed by atoms with E-state index in [0.717, 1.165) is 12.8 Å². The average molecular weight is 286 g/mol. The van der Waals surface area contributed by atoms with Gasteiger partial charge < -0.3 is 20.0 Å². The van der Waals surface area contributed by atoms with Gasteiger partial charge in [0.05, 0.1) is 0 Å². The second kappa shape index (κ2) is 5.35. The molecule has 1 aromatic carbocycles. The lowest BCUT2D eigenvalue weighted by Crippen LogP contribution is -2.44. The Balaban J connectivity index is 1.54. The monoisotopic (exact) mass is 286 g/mol. The van der Waals surface area contributed by atoms with Gasteiger partial charge in [-0.05, 0) is 34.9 Å². The summed E-state index contributed by atoms with van der Waals surface area (Å²) >= 11 is 0. The zero-order chi connectivity index (χ0) is 14.8. The molecule has 1 aromatic heterocycles. The first-order valence-corrected chi connectivity index (χ1v) is 6.67. The van der Waals surface area contributed by atoms with Crippen molar-refractivity contribution in [3.05, 3.63) is 58.5 Å². The van der Waals surface area contributed by atoms with Crippen molar-refractivity contribution in [1.29, 1.82) is 0 Å². The molecule has 1 amide bonds. The maximum absolute atomic E-state index is 12.0. The summed E-state index contributed by atoms with van der Waals surface area (Å²) in [5.41, 5.74) is 0.638. The molecule has 2 aromatic rings. The van der Waals surface area contributed by atoms with Gasteiger partial charge in [0.15, 0.2) is 0 Å². The number of hydrogen-bond acceptors (Lipinski definition) is 4. The summed E-state index contributed by atoms with van der Waals surface area (Å²) in [6.45, 7) is 0. The summed E-state index contributed by atoms with van der Waals surface area (Å²) in [5, 5.41) is 13.5. The molecule has 1 aliphatic carbocycles. The van der Waals surface area contributed by atoms with Crippen LogP contribution in [0.2, 0.25) is 0 Å². The number of nitro groups is 1. The molecule has 0 saturated heterocycles. The molecule has 0 bridgehead atoms. The molecule has 0 unspecified atom stereocenters. The summed E-state index contributed by atoms with van der Waals surface area (Å²) in [4.78, 5) is 25.8. The van der Waals surface area contributed by atoms with Crippen LogP contribution in [-0.4, -0.2) is 26.4 Å². The van der Waals surface area contributed by atoms with Crippen LogP contribution in [0.3, 0.4) is 0 Å². The third-order valence-electron chi connectivity index (χ3n) is 3.68. The zero-order valence-electron chi connectivity index (χ0n) is 11.2. The number of benzene rings is 1. The Bertz CT molecular complexity index is 662. The molecule has 7 nitrogen and oxygen atoms in total. The molecule has 21 heavy (non-hydrogen) atoms. The number of nitrogens with one attached hydrogen (secondary N) is 1. The van der Waals surface area contributed by atoms with Crippen LogP contribution in [0.15, 0.2) is 42.9 Å². The van der Waals surface area contributed by atoms with Gasteiger partial charge in [0.2, 0.25) is 6.33 Å². The van der Waals surface area contributed by atoms with Gasteiger partial charge in [0, 0.05) is 17.6 Å². The largest absolute Gasteiger partial charge is 0.381 e. The Morgan fingerprint density at radius 1 is 1.33 bits per heavy atom. The van der Waals surface area contributed by atoms with Crippen molar-refractivity contribution in [2.75, 3.05) is 0 Å². The Hall–Kier alpha value is -2.70. The molecule has 0 spiro atoms. The van der Waals surface area contributed by atoms with E-state index in [9.17, 15) is 14.9 Å². The molecular formula is C14H14N4O3. The number of aromatic nitrogens is 2. The van der Waals surface area contributed by atoms with Crippen LogP contribution in [-0.2, 0) is 0 Å². The van der Waals surface area contributed by atoms with Gasteiger partial charge in [0.1, 0.15) is 6.20 Å². The van der Waals surface area contributed by atoms with Crippen molar-refractivity contribution >= 4 is 11.7 Å². The first-order chi connectivity index (χ1) is 10.1. The number of carbonyl (C=O) groups is 1. The summed E-state index contributed by atoms with van der Waals surface area (Å²) in [6, 6.07) is 9.31. The van der Waals surface area contributed by atoms with Crippen molar-refractivity contribution in [3.63, 3.8) is 0 Å². The van der Waals surface area contributed by atoms with E-state index < -0.39 is 4.92 Å². The molecule has 3 rings (SSSR count). The van der Waals surface area contributed by atoms with Crippen LogP contribution in [0.4, 0.5) is 5.82 Å². The van der Waals surface area contributed by atoms with Gasteiger partial charge in [-0.15, -0.1) is 0 Å². The molecule has 1 saturated carbocycles.